The molecule has 1 aliphatic heterocycles. The van der Waals surface area contributed by atoms with Crippen molar-refractivity contribution in [2.45, 2.75) is 19.3 Å². The van der Waals surface area contributed by atoms with Crippen molar-refractivity contribution in [3.63, 3.8) is 0 Å². The number of methoxy groups -OCH3 is 2. The number of esters is 3. The lowest BCUT2D eigenvalue weighted by Crippen LogP contribution is -2.33. The van der Waals surface area contributed by atoms with Gasteiger partial charge in [0.15, 0.2) is 0 Å². The maximum atomic E-state index is 12.4. The lowest BCUT2D eigenvalue weighted by Gasteiger charge is -2.14. The maximum absolute atomic E-state index is 12.4. The normalized spacial score (nSPS) is 20.0. The number of fused-ring (bicyclic) bond motifs is 1. The monoisotopic (exact) mass is 415 g/mol. The highest BCUT2D eigenvalue weighted by atomic mass is 16.5. The Labute approximate surface area is 172 Å². The number of carbonyl (C=O) groups excluding carboxylic acids is 5. The van der Waals surface area contributed by atoms with Gasteiger partial charge in [-0.05, 0) is 31.0 Å². The molecule has 158 valence electrons. The maximum Gasteiger partial charge on any atom is 0.338 e. The Bertz CT molecular complexity index is 875. The van der Waals surface area contributed by atoms with Gasteiger partial charge in [-0.3, -0.25) is 19.3 Å². The number of rotatable bonds is 6. The highest BCUT2D eigenvalue weighted by Gasteiger charge is 2.46. The Morgan fingerprint density at radius 3 is 1.87 bits per heavy atom. The average Bonchev–Trinajstić information content (AvgIpc) is 3.00. The molecule has 2 unspecified atom stereocenters. The number of hydrogen-bond donors (Lipinski definition) is 0. The molecule has 1 aromatic rings. The van der Waals surface area contributed by atoms with Crippen LogP contribution >= 0.6 is 0 Å². The highest BCUT2D eigenvalue weighted by Crippen LogP contribution is 2.35. The van der Waals surface area contributed by atoms with E-state index in [9.17, 15) is 24.0 Å². The molecular weight excluding hydrogens is 394 g/mol. The van der Waals surface area contributed by atoms with E-state index in [1.54, 1.807) is 0 Å². The number of carbonyl (C=O) groups is 5. The quantitative estimate of drug-likeness (QED) is 0.297. The zero-order valence-corrected chi connectivity index (χ0v) is 16.6. The predicted molar refractivity (Wildman–Crippen MR) is 101 cm³/mol. The van der Waals surface area contributed by atoms with Gasteiger partial charge in [-0.2, -0.15) is 0 Å². The predicted octanol–water partition coefficient (Wildman–Crippen LogP) is 1.51. The van der Waals surface area contributed by atoms with Crippen LogP contribution in [-0.4, -0.2) is 55.4 Å². The Balaban J connectivity index is 1.67. The van der Waals surface area contributed by atoms with Gasteiger partial charge in [-0.25, -0.2) is 9.59 Å². The highest BCUT2D eigenvalue weighted by molar-refractivity contribution is 6.05. The van der Waals surface area contributed by atoms with E-state index in [1.165, 1.54) is 32.4 Å². The van der Waals surface area contributed by atoms with Crippen molar-refractivity contribution in [1.82, 2.24) is 4.90 Å². The molecule has 2 amide bonds. The van der Waals surface area contributed by atoms with Crippen molar-refractivity contribution in [1.29, 1.82) is 0 Å². The fourth-order valence-corrected chi connectivity index (χ4v) is 3.60. The van der Waals surface area contributed by atoms with Crippen LogP contribution in [0.15, 0.2) is 30.4 Å². The second kappa shape index (κ2) is 8.89. The smallest absolute Gasteiger partial charge is 0.338 e. The summed E-state index contributed by atoms with van der Waals surface area (Å²) < 4.78 is 14.5. The van der Waals surface area contributed by atoms with Crippen LogP contribution in [0.5, 0.6) is 5.75 Å². The SMILES string of the molecule is COC(=O)c1cc(OC(=O)CCN2C(=O)C3CC=CCC3C2=O)cc(C(=O)OC)c1. The summed E-state index contributed by atoms with van der Waals surface area (Å²) >= 11 is 0. The fourth-order valence-electron chi connectivity index (χ4n) is 3.60. The van der Waals surface area contributed by atoms with Crippen molar-refractivity contribution in [2.75, 3.05) is 20.8 Å². The minimum atomic E-state index is -0.721. The minimum Gasteiger partial charge on any atom is -0.465 e. The van der Waals surface area contributed by atoms with Gasteiger partial charge in [0, 0.05) is 6.54 Å². The van der Waals surface area contributed by atoms with E-state index in [-0.39, 0.29) is 53.5 Å². The van der Waals surface area contributed by atoms with Gasteiger partial charge < -0.3 is 14.2 Å². The topological polar surface area (TPSA) is 116 Å². The number of imide groups is 1. The van der Waals surface area contributed by atoms with Crippen LogP contribution in [0.1, 0.15) is 40.0 Å². The van der Waals surface area contributed by atoms with Crippen molar-refractivity contribution >= 4 is 29.7 Å². The van der Waals surface area contributed by atoms with Gasteiger partial charge in [0.25, 0.3) is 0 Å². The molecule has 1 fully saturated rings. The molecule has 2 atom stereocenters. The molecule has 0 saturated carbocycles. The zero-order valence-electron chi connectivity index (χ0n) is 16.6. The lowest BCUT2D eigenvalue weighted by molar-refractivity contribution is -0.141. The van der Waals surface area contributed by atoms with Gasteiger partial charge in [-0.15, -0.1) is 0 Å². The number of allylic oxidation sites excluding steroid dienone is 2. The third kappa shape index (κ3) is 4.24. The summed E-state index contributed by atoms with van der Waals surface area (Å²) in [4.78, 5) is 61.9. The van der Waals surface area contributed by atoms with Crippen LogP contribution < -0.4 is 4.74 Å². The molecule has 0 aromatic heterocycles. The minimum absolute atomic E-state index is 0.00433. The lowest BCUT2D eigenvalue weighted by atomic mass is 9.85. The van der Waals surface area contributed by atoms with E-state index in [0.29, 0.717) is 12.8 Å². The molecule has 1 aromatic carbocycles. The first-order valence-corrected chi connectivity index (χ1v) is 9.38. The zero-order chi connectivity index (χ0) is 21.8. The number of ether oxygens (including phenoxy) is 3. The summed E-state index contributed by atoms with van der Waals surface area (Å²) in [6.45, 7) is -0.0932. The summed E-state index contributed by atoms with van der Waals surface area (Å²) in [5.74, 6) is -3.49. The summed E-state index contributed by atoms with van der Waals surface area (Å²) in [6, 6.07) is 3.76. The summed E-state index contributed by atoms with van der Waals surface area (Å²) in [5, 5.41) is 0. The average molecular weight is 415 g/mol. The second-order valence-electron chi connectivity index (χ2n) is 6.94. The first kappa shape index (κ1) is 21.2. The van der Waals surface area contributed by atoms with Crippen molar-refractivity contribution in [3.05, 3.63) is 41.5 Å². The first-order valence-electron chi connectivity index (χ1n) is 9.38. The number of benzene rings is 1. The van der Waals surface area contributed by atoms with Crippen LogP contribution in [0.4, 0.5) is 0 Å². The number of nitrogens with zero attached hydrogens (tertiary/aromatic N) is 1. The van der Waals surface area contributed by atoms with Crippen molar-refractivity contribution in [2.24, 2.45) is 11.8 Å². The third-order valence-corrected chi connectivity index (χ3v) is 5.12. The second-order valence-corrected chi connectivity index (χ2v) is 6.94. The Hall–Kier alpha value is -3.49. The van der Waals surface area contributed by atoms with E-state index in [0.717, 1.165) is 4.90 Å². The Morgan fingerprint density at radius 2 is 1.40 bits per heavy atom. The Morgan fingerprint density at radius 1 is 0.900 bits per heavy atom. The molecule has 1 aliphatic carbocycles. The van der Waals surface area contributed by atoms with E-state index < -0.39 is 17.9 Å². The van der Waals surface area contributed by atoms with Gasteiger partial charge >= 0.3 is 17.9 Å². The summed E-state index contributed by atoms with van der Waals surface area (Å²) in [7, 11) is 2.35. The van der Waals surface area contributed by atoms with Crippen LogP contribution in [0.25, 0.3) is 0 Å². The molecule has 1 saturated heterocycles. The summed E-state index contributed by atoms with van der Waals surface area (Å²) in [5.41, 5.74) is 0.00865. The van der Waals surface area contributed by atoms with Gasteiger partial charge in [-0.1, -0.05) is 12.2 Å². The molecule has 0 N–H and O–H groups in total. The fraction of sp³-hybridized carbons (Fsp3) is 0.381. The Kier molecular flexibility index (Phi) is 6.29. The number of likely N-dealkylation sites (tertiary alicyclic amines) is 1. The van der Waals surface area contributed by atoms with Crippen molar-refractivity contribution < 1.29 is 38.2 Å². The number of hydrogen-bond acceptors (Lipinski definition) is 8. The molecular formula is C21H21NO8. The van der Waals surface area contributed by atoms with E-state index >= 15 is 0 Å². The molecule has 2 aliphatic rings. The van der Waals surface area contributed by atoms with E-state index in [1.807, 2.05) is 12.2 Å². The van der Waals surface area contributed by atoms with E-state index in [4.69, 9.17) is 4.74 Å². The van der Waals surface area contributed by atoms with Crippen molar-refractivity contribution in [3.8, 4) is 5.75 Å². The standard InChI is InChI=1S/C21H21NO8/c1-28-20(26)12-9-13(21(27)29-2)11-14(10-12)30-17(23)7-8-22-18(24)15-5-3-4-6-16(15)19(22)25/h3-4,9-11,15-16H,5-8H2,1-2H3. The van der Waals surface area contributed by atoms with Crippen LogP contribution in [0.3, 0.4) is 0 Å². The molecule has 0 bridgehead atoms. The van der Waals surface area contributed by atoms with Gasteiger partial charge in [0.2, 0.25) is 11.8 Å². The van der Waals surface area contributed by atoms with Gasteiger partial charge in [0.05, 0.1) is 43.6 Å². The van der Waals surface area contributed by atoms with Gasteiger partial charge in [0.1, 0.15) is 5.75 Å². The molecule has 0 spiro atoms. The van der Waals surface area contributed by atoms with E-state index in [2.05, 4.69) is 9.47 Å². The third-order valence-electron chi connectivity index (χ3n) is 5.12. The molecule has 3 rings (SSSR count). The molecule has 1 heterocycles. The largest absolute Gasteiger partial charge is 0.465 e. The molecule has 9 nitrogen and oxygen atoms in total. The first-order chi connectivity index (χ1) is 14.3. The molecule has 30 heavy (non-hydrogen) atoms. The molecule has 0 radical (unpaired) electrons. The van der Waals surface area contributed by atoms with Crippen LogP contribution in [0.2, 0.25) is 0 Å². The number of amides is 2. The van der Waals surface area contributed by atoms with Crippen LogP contribution in [-0.2, 0) is 23.9 Å². The van der Waals surface area contributed by atoms with Crippen LogP contribution in [0, 0.1) is 11.8 Å². The summed E-state index contributed by atoms with van der Waals surface area (Å²) in [6.07, 6.45) is 4.59. The molecule has 9 heteroatoms.